The van der Waals surface area contributed by atoms with Gasteiger partial charge < -0.3 is 9.88 Å². The summed E-state index contributed by atoms with van der Waals surface area (Å²) in [6, 6.07) is 10.0. The Bertz CT molecular complexity index is 1720. The summed E-state index contributed by atoms with van der Waals surface area (Å²) < 4.78 is 70.0. The molecule has 4 aromatic rings. The molecule has 0 spiro atoms. The lowest BCUT2D eigenvalue weighted by Crippen LogP contribution is -2.47. The number of fused-ring (bicyclic) bond motifs is 5. The van der Waals surface area contributed by atoms with E-state index < -0.39 is 27.5 Å². The second-order valence-electron chi connectivity index (χ2n) is 10.5. The van der Waals surface area contributed by atoms with Crippen molar-refractivity contribution in [2.24, 2.45) is 0 Å². The molecular formula is C28H27F3N4O4S. The molecule has 2 aliphatic rings. The Morgan fingerprint density at radius 2 is 1.85 bits per heavy atom. The van der Waals surface area contributed by atoms with Crippen molar-refractivity contribution >= 4 is 26.9 Å². The second kappa shape index (κ2) is 9.48. The van der Waals surface area contributed by atoms with Crippen molar-refractivity contribution in [2.75, 3.05) is 19.3 Å². The first-order chi connectivity index (χ1) is 18.9. The van der Waals surface area contributed by atoms with Crippen molar-refractivity contribution < 1.29 is 30.6 Å². The number of benzene rings is 2. The van der Waals surface area contributed by atoms with E-state index in [0.29, 0.717) is 5.56 Å². The maximum absolute atomic E-state index is 13.6. The number of alkyl halides is 3. The number of amides is 1. The van der Waals surface area contributed by atoms with Crippen LogP contribution in [0.25, 0.3) is 22.3 Å². The van der Waals surface area contributed by atoms with E-state index in [9.17, 15) is 26.4 Å². The predicted molar refractivity (Wildman–Crippen MR) is 142 cm³/mol. The minimum atomic E-state index is -4.59. The molecule has 2 N–H and O–H groups in total. The molecule has 3 heterocycles. The Morgan fingerprint density at radius 1 is 1.07 bits per heavy atom. The number of carbonyl (C=O) groups excluding carboxylic acids is 1. The Balaban J connectivity index is 1.28. The van der Waals surface area contributed by atoms with E-state index in [0.717, 1.165) is 71.1 Å². The van der Waals surface area contributed by atoms with Gasteiger partial charge >= 0.3 is 6.18 Å². The fourth-order valence-electron chi connectivity index (χ4n) is 5.97. The molecule has 2 aromatic heterocycles. The Hall–Kier alpha value is -3.64. The van der Waals surface area contributed by atoms with Gasteiger partial charge in [0.1, 0.15) is 5.60 Å². The highest BCUT2D eigenvalue weighted by Gasteiger charge is 2.43. The number of nitrogens with one attached hydrogen (secondary N) is 2. The van der Waals surface area contributed by atoms with Crippen LogP contribution in [-0.2, 0) is 38.9 Å². The standard InChI is InChI=1S/C28H27F3N4O4S/c1-40(37,38)39-27(19-5-3-6-20(15-19)28(29,30)31)10-12-35(13-11-27)26(36)17-8-9-23-22(14-17)21-7-2-4-18-16-32-34-24(18)25(21)33-23/h3,5-6,8-9,14-16,33H,2,4,7,10-13H2,1H3,(H,32,34). The van der Waals surface area contributed by atoms with Gasteiger partial charge in [-0.15, -0.1) is 0 Å². The summed E-state index contributed by atoms with van der Waals surface area (Å²) in [5.74, 6) is -0.232. The zero-order valence-corrected chi connectivity index (χ0v) is 22.5. The molecule has 1 aliphatic carbocycles. The monoisotopic (exact) mass is 572 g/mol. The molecule has 1 aliphatic heterocycles. The molecule has 1 saturated heterocycles. The fourth-order valence-corrected chi connectivity index (χ4v) is 6.81. The lowest BCUT2D eigenvalue weighted by Gasteiger charge is -2.41. The number of aromatic amines is 2. The van der Waals surface area contributed by atoms with Gasteiger partial charge in [0.2, 0.25) is 0 Å². The summed E-state index contributed by atoms with van der Waals surface area (Å²) in [6.45, 7) is 0.233. The van der Waals surface area contributed by atoms with Crippen LogP contribution < -0.4 is 0 Å². The summed E-state index contributed by atoms with van der Waals surface area (Å²) in [4.78, 5) is 18.6. The Morgan fingerprint density at radius 3 is 2.58 bits per heavy atom. The van der Waals surface area contributed by atoms with Gasteiger partial charge in [0.15, 0.2) is 0 Å². The molecule has 2 aromatic carbocycles. The Kier molecular flexibility index (Phi) is 6.30. The maximum Gasteiger partial charge on any atom is 0.416 e. The highest BCUT2D eigenvalue weighted by Crippen LogP contribution is 2.41. The third kappa shape index (κ3) is 4.79. The third-order valence-corrected chi connectivity index (χ3v) is 8.50. The zero-order chi connectivity index (χ0) is 28.3. The first-order valence-electron chi connectivity index (χ1n) is 13.0. The van der Waals surface area contributed by atoms with E-state index in [-0.39, 0.29) is 37.4 Å². The number of rotatable bonds is 4. The van der Waals surface area contributed by atoms with Gasteiger partial charge in [-0.1, -0.05) is 12.1 Å². The second-order valence-corrected chi connectivity index (χ2v) is 12.1. The Labute approximate surface area is 228 Å². The topological polar surface area (TPSA) is 108 Å². The lowest BCUT2D eigenvalue weighted by molar-refractivity contribution is -0.137. The van der Waals surface area contributed by atoms with E-state index in [1.807, 2.05) is 18.3 Å². The van der Waals surface area contributed by atoms with E-state index in [4.69, 9.17) is 4.18 Å². The average molecular weight is 573 g/mol. The van der Waals surface area contributed by atoms with Crippen molar-refractivity contribution in [3.05, 3.63) is 76.5 Å². The van der Waals surface area contributed by atoms with Crippen LogP contribution in [0.2, 0.25) is 0 Å². The number of likely N-dealkylation sites (tertiary alicyclic amines) is 1. The number of aryl methyl sites for hydroxylation is 2. The smallest absolute Gasteiger partial charge is 0.353 e. The molecule has 0 bridgehead atoms. The lowest BCUT2D eigenvalue weighted by atomic mass is 9.83. The molecule has 6 rings (SSSR count). The summed E-state index contributed by atoms with van der Waals surface area (Å²) in [5, 5.41) is 8.22. The number of carbonyl (C=O) groups is 1. The molecule has 1 fully saturated rings. The quantitative estimate of drug-likeness (QED) is 0.328. The van der Waals surface area contributed by atoms with Gasteiger partial charge in [0.25, 0.3) is 16.0 Å². The molecule has 1 amide bonds. The van der Waals surface area contributed by atoms with Crippen molar-refractivity contribution in [3.63, 3.8) is 0 Å². The van der Waals surface area contributed by atoms with Crippen molar-refractivity contribution in [2.45, 2.75) is 43.9 Å². The van der Waals surface area contributed by atoms with E-state index in [1.54, 1.807) is 11.0 Å². The van der Waals surface area contributed by atoms with Gasteiger partial charge in [-0.05, 0) is 79.1 Å². The predicted octanol–water partition coefficient (Wildman–Crippen LogP) is 5.17. The first-order valence-corrected chi connectivity index (χ1v) is 14.8. The molecule has 12 heteroatoms. The SMILES string of the molecule is CS(=O)(=O)OC1(c2cccc(C(F)(F)F)c2)CCN(C(=O)c2ccc3[nH]c4c(c3c2)CCCc2cn[nH]c2-4)CC1. The molecule has 0 radical (unpaired) electrons. The first kappa shape index (κ1) is 26.6. The maximum atomic E-state index is 13.6. The van der Waals surface area contributed by atoms with Crippen LogP contribution >= 0.6 is 0 Å². The van der Waals surface area contributed by atoms with Crippen molar-refractivity contribution in [1.82, 2.24) is 20.1 Å². The molecule has 8 nitrogen and oxygen atoms in total. The van der Waals surface area contributed by atoms with Gasteiger partial charge in [0, 0.05) is 29.6 Å². The summed E-state index contributed by atoms with van der Waals surface area (Å²) >= 11 is 0. The molecular weight excluding hydrogens is 545 g/mol. The normalized spacial score (nSPS) is 17.4. The number of nitrogens with zero attached hydrogens (tertiary/aromatic N) is 2. The number of hydrogen-bond donors (Lipinski definition) is 2. The summed E-state index contributed by atoms with van der Waals surface area (Å²) in [5.41, 5.74) is 3.33. The minimum Gasteiger partial charge on any atom is -0.353 e. The third-order valence-electron chi connectivity index (χ3n) is 7.88. The number of H-pyrrole nitrogens is 2. The molecule has 0 unspecified atom stereocenters. The van der Waals surface area contributed by atoms with Crippen LogP contribution in [0.4, 0.5) is 13.2 Å². The van der Waals surface area contributed by atoms with Crippen LogP contribution in [0.1, 0.15) is 51.9 Å². The minimum absolute atomic E-state index is 0.0253. The van der Waals surface area contributed by atoms with Crippen molar-refractivity contribution in [3.8, 4) is 11.4 Å². The van der Waals surface area contributed by atoms with Crippen LogP contribution in [0.5, 0.6) is 0 Å². The highest BCUT2D eigenvalue weighted by atomic mass is 32.2. The number of piperidine rings is 1. The van der Waals surface area contributed by atoms with Gasteiger partial charge in [-0.25, -0.2) is 0 Å². The fraction of sp³-hybridized carbons (Fsp3) is 0.357. The van der Waals surface area contributed by atoms with E-state index in [2.05, 4.69) is 15.2 Å². The summed E-state index contributed by atoms with van der Waals surface area (Å²) in [7, 11) is -4.01. The number of aromatic nitrogens is 3. The van der Waals surface area contributed by atoms with Gasteiger partial charge in [-0.3, -0.25) is 14.1 Å². The van der Waals surface area contributed by atoms with Crippen LogP contribution in [-0.4, -0.2) is 53.8 Å². The van der Waals surface area contributed by atoms with Gasteiger partial charge in [0.05, 0.1) is 29.4 Å². The van der Waals surface area contributed by atoms with E-state index in [1.165, 1.54) is 12.1 Å². The molecule has 0 saturated carbocycles. The average Bonchev–Trinajstić information content (AvgIpc) is 3.47. The molecule has 210 valence electrons. The molecule has 0 atom stereocenters. The van der Waals surface area contributed by atoms with Crippen LogP contribution in [0, 0.1) is 0 Å². The van der Waals surface area contributed by atoms with E-state index >= 15 is 0 Å². The number of halogens is 3. The summed E-state index contributed by atoms with van der Waals surface area (Å²) in [6.07, 6.45) is 0.888. The van der Waals surface area contributed by atoms with Crippen LogP contribution in [0.15, 0.2) is 48.7 Å². The highest BCUT2D eigenvalue weighted by molar-refractivity contribution is 7.86. The molecule has 40 heavy (non-hydrogen) atoms. The van der Waals surface area contributed by atoms with Gasteiger partial charge in [-0.2, -0.15) is 26.7 Å². The zero-order valence-electron chi connectivity index (χ0n) is 21.6. The largest absolute Gasteiger partial charge is 0.416 e. The number of hydrogen-bond acceptors (Lipinski definition) is 5. The van der Waals surface area contributed by atoms with Crippen LogP contribution in [0.3, 0.4) is 0 Å². The van der Waals surface area contributed by atoms with Crippen molar-refractivity contribution in [1.29, 1.82) is 0 Å².